The number of hydrogen-bond donors (Lipinski definition) is 2. The number of rotatable bonds is 5. The Morgan fingerprint density at radius 3 is 2.78 bits per heavy atom. The molecule has 0 unspecified atom stereocenters. The number of carbonyl (C=O) groups is 1. The number of halogens is 1. The highest BCUT2D eigenvalue weighted by Gasteiger charge is 2.09. The van der Waals surface area contributed by atoms with Crippen LogP contribution in [-0.2, 0) is 6.42 Å². The molecule has 2 aromatic carbocycles. The van der Waals surface area contributed by atoms with Gasteiger partial charge in [0.15, 0.2) is 5.82 Å². The van der Waals surface area contributed by atoms with Gasteiger partial charge in [-0.1, -0.05) is 0 Å². The molecule has 4 rings (SSSR count). The molecule has 7 nitrogen and oxygen atoms in total. The SMILES string of the molecule is Cc1nnnn1-c1ccc(C(=O)NCCc2c[nH]c3ccc(F)cc23)cc1. The van der Waals surface area contributed by atoms with Crippen LogP contribution in [0.15, 0.2) is 48.7 Å². The zero-order valence-electron chi connectivity index (χ0n) is 14.6. The van der Waals surface area contributed by atoms with Crippen LogP contribution in [0.2, 0.25) is 0 Å². The first-order valence-corrected chi connectivity index (χ1v) is 8.51. The van der Waals surface area contributed by atoms with Crippen LogP contribution in [0.4, 0.5) is 4.39 Å². The van der Waals surface area contributed by atoms with Crippen LogP contribution in [0, 0.1) is 12.7 Å². The third-order valence-electron chi connectivity index (χ3n) is 4.41. The number of aromatic amines is 1. The van der Waals surface area contributed by atoms with Crippen LogP contribution in [0.3, 0.4) is 0 Å². The fraction of sp³-hybridized carbons (Fsp3) is 0.158. The second-order valence-corrected chi connectivity index (χ2v) is 6.19. The van der Waals surface area contributed by atoms with Gasteiger partial charge in [-0.3, -0.25) is 4.79 Å². The van der Waals surface area contributed by atoms with Crippen LogP contribution in [0.25, 0.3) is 16.6 Å². The fourth-order valence-corrected chi connectivity index (χ4v) is 2.99. The lowest BCUT2D eigenvalue weighted by atomic mass is 10.1. The third kappa shape index (κ3) is 3.41. The molecule has 0 bridgehead atoms. The number of aryl methyl sites for hydroxylation is 1. The Kier molecular flexibility index (Phi) is 4.37. The number of amides is 1. The molecular weight excluding hydrogens is 347 g/mol. The molecule has 0 aliphatic heterocycles. The van der Waals surface area contributed by atoms with Crippen molar-refractivity contribution in [3.8, 4) is 5.69 Å². The first-order valence-electron chi connectivity index (χ1n) is 8.51. The molecule has 0 radical (unpaired) electrons. The van der Waals surface area contributed by atoms with Gasteiger partial charge in [0.1, 0.15) is 5.82 Å². The zero-order valence-corrected chi connectivity index (χ0v) is 14.6. The lowest BCUT2D eigenvalue weighted by Crippen LogP contribution is -2.25. The summed E-state index contributed by atoms with van der Waals surface area (Å²) in [6.07, 6.45) is 2.46. The van der Waals surface area contributed by atoms with Gasteiger partial charge >= 0.3 is 0 Å². The highest BCUT2D eigenvalue weighted by Crippen LogP contribution is 2.19. The van der Waals surface area contributed by atoms with Crippen molar-refractivity contribution in [2.75, 3.05) is 6.54 Å². The number of fused-ring (bicyclic) bond motifs is 1. The second kappa shape index (κ2) is 6.99. The lowest BCUT2D eigenvalue weighted by Gasteiger charge is -2.06. The number of benzene rings is 2. The van der Waals surface area contributed by atoms with E-state index in [-0.39, 0.29) is 11.7 Å². The molecule has 2 heterocycles. The van der Waals surface area contributed by atoms with Gasteiger partial charge in [0, 0.05) is 29.2 Å². The summed E-state index contributed by atoms with van der Waals surface area (Å²) in [6, 6.07) is 11.7. The van der Waals surface area contributed by atoms with Crippen LogP contribution in [0.5, 0.6) is 0 Å². The van der Waals surface area contributed by atoms with Crippen molar-refractivity contribution in [3.05, 3.63) is 71.4 Å². The molecule has 0 atom stereocenters. The van der Waals surface area contributed by atoms with E-state index in [9.17, 15) is 9.18 Å². The molecule has 8 heteroatoms. The van der Waals surface area contributed by atoms with E-state index in [1.807, 2.05) is 6.20 Å². The van der Waals surface area contributed by atoms with Crippen molar-refractivity contribution in [1.29, 1.82) is 0 Å². The van der Waals surface area contributed by atoms with Gasteiger partial charge in [-0.05, 0) is 71.8 Å². The summed E-state index contributed by atoms with van der Waals surface area (Å²) in [4.78, 5) is 15.4. The number of hydrogen-bond acceptors (Lipinski definition) is 4. The third-order valence-corrected chi connectivity index (χ3v) is 4.41. The number of tetrazole rings is 1. The maximum absolute atomic E-state index is 13.4. The first kappa shape index (κ1) is 16.9. The maximum Gasteiger partial charge on any atom is 0.251 e. The van der Waals surface area contributed by atoms with Gasteiger partial charge in [-0.15, -0.1) is 5.10 Å². The minimum Gasteiger partial charge on any atom is -0.361 e. The fourth-order valence-electron chi connectivity index (χ4n) is 2.99. The number of carbonyl (C=O) groups excluding carboxylic acids is 1. The van der Waals surface area contributed by atoms with Gasteiger partial charge in [-0.2, -0.15) is 4.68 Å². The van der Waals surface area contributed by atoms with Crippen LogP contribution in [0.1, 0.15) is 21.7 Å². The molecule has 0 spiro atoms. The molecule has 0 saturated heterocycles. The standard InChI is InChI=1S/C19H17FN6O/c1-12-23-24-25-26(12)16-5-2-13(3-6-16)19(27)21-9-8-14-11-22-18-7-4-15(20)10-17(14)18/h2-7,10-11,22H,8-9H2,1H3,(H,21,27). The smallest absolute Gasteiger partial charge is 0.251 e. The van der Waals surface area contributed by atoms with E-state index in [0.717, 1.165) is 22.2 Å². The van der Waals surface area contributed by atoms with Crippen molar-refractivity contribution in [3.63, 3.8) is 0 Å². The maximum atomic E-state index is 13.4. The van der Waals surface area contributed by atoms with Crippen molar-refractivity contribution in [1.82, 2.24) is 30.5 Å². The number of nitrogens with one attached hydrogen (secondary N) is 2. The summed E-state index contributed by atoms with van der Waals surface area (Å²) in [5, 5.41) is 15.1. The largest absolute Gasteiger partial charge is 0.361 e. The molecule has 2 N–H and O–H groups in total. The van der Waals surface area contributed by atoms with Gasteiger partial charge < -0.3 is 10.3 Å². The molecule has 0 saturated carbocycles. The predicted molar refractivity (Wildman–Crippen MR) is 98.2 cm³/mol. The first-order chi connectivity index (χ1) is 13.1. The van der Waals surface area contributed by atoms with Crippen molar-refractivity contribution in [2.24, 2.45) is 0 Å². The van der Waals surface area contributed by atoms with Crippen molar-refractivity contribution >= 4 is 16.8 Å². The Labute approximate surface area is 154 Å². The molecule has 4 aromatic rings. The van der Waals surface area contributed by atoms with Gasteiger partial charge in [0.2, 0.25) is 0 Å². The highest BCUT2D eigenvalue weighted by atomic mass is 19.1. The summed E-state index contributed by atoms with van der Waals surface area (Å²) in [5.74, 6) is 0.230. The van der Waals surface area contributed by atoms with E-state index in [1.54, 1.807) is 41.9 Å². The Bertz CT molecular complexity index is 1100. The van der Waals surface area contributed by atoms with E-state index >= 15 is 0 Å². The predicted octanol–water partition coefficient (Wildman–Crippen LogP) is 2.56. The highest BCUT2D eigenvalue weighted by molar-refractivity contribution is 5.94. The average molecular weight is 364 g/mol. The van der Waals surface area contributed by atoms with Gasteiger partial charge in [0.05, 0.1) is 5.69 Å². The molecular formula is C19H17FN6O. The number of H-pyrrole nitrogens is 1. The summed E-state index contributed by atoms with van der Waals surface area (Å²) in [6.45, 7) is 2.26. The Morgan fingerprint density at radius 2 is 2.04 bits per heavy atom. The van der Waals surface area contributed by atoms with Crippen LogP contribution in [-0.4, -0.2) is 37.6 Å². The van der Waals surface area contributed by atoms with E-state index in [4.69, 9.17) is 0 Å². The van der Waals surface area contributed by atoms with E-state index < -0.39 is 0 Å². The van der Waals surface area contributed by atoms with E-state index in [1.165, 1.54) is 12.1 Å². The topological polar surface area (TPSA) is 88.5 Å². The quantitative estimate of drug-likeness (QED) is 0.570. The molecule has 27 heavy (non-hydrogen) atoms. The van der Waals surface area contributed by atoms with Gasteiger partial charge in [-0.25, -0.2) is 4.39 Å². The zero-order chi connectivity index (χ0) is 18.8. The monoisotopic (exact) mass is 364 g/mol. The van der Waals surface area contributed by atoms with Crippen molar-refractivity contribution in [2.45, 2.75) is 13.3 Å². The Morgan fingerprint density at radius 1 is 1.22 bits per heavy atom. The molecule has 1 amide bonds. The molecule has 2 aromatic heterocycles. The average Bonchev–Trinajstić information content (AvgIpc) is 3.28. The van der Waals surface area contributed by atoms with Crippen LogP contribution < -0.4 is 5.32 Å². The molecule has 136 valence electrons. The Hall–Kier alpha value is -3.55. The van der Waals surface area contributed by atoms with Crippen LogP contribution >= 0.6 is 0 Å². The number of nitrogens with zero attached hydrogens (tertiary/aromatic N) is 4. The second-order valence-electron chi connectivity index (χ2n) is 6.19. The summed E-state index contributed by atoms with van der Waals surface area (Å²) in [5.41, 5.74) is 3.19. The lowest BCUT2D eigenvalue weighted by molar-refractivity contribution is 0.0954. The van der Waals surface area contributed by atoms with E-state index in [2.05, 4.69) is 25.8 Å². The van der Waals surface area contributed by atoms with Crippen molar-refractivity contribution < 1.29 is 9.18 Å². The minimum absolute atomic E-state index is 0.166. The molecule has 0 aliphatic carbocycles. The molecule has 0 aliphatic rings. The summed E-state index contributed by atoms with van der Waals surface area (Å²) >= 11 is 0. The Balaban J connectivity index is 1.39. The summed E-state index contributed by atoms with van der Waals surface area (Å²) < 4.78 is 15.0. The summed E-state index contributed by atoms with van der Waals surface area (Å²) in [7, 11) is 0. The minimum atomic E-state index is -0.273. The van der Waals surface area contributed by atoms with Gasteiger partial charge in [0.25, 0.3) is 5.91 Å². The normalized spacial score (nSPS) is 11.0. The molecule has 0 fully saturated rings. The van der Waals surface area contributed by atoms with E-state index in [0.29, 0.717) is 24.4 Å². The number of aromatic nitrogens is 5.